The Morgan fingerprint density at radius 3 is 2.16 bits per heavy atom. The molecular weight excluding hydrogens is 394 g/mol. The van der Waals surface area contributed by atoms with E-state index < -0.39 is 0 Å². The van der Waals surface area contributed by atoms with Crippen molar-refractivity contribution in [2.75, 3.05) is 6.54 Å². The smallest absolute Gasteiger partial charge is 0.259 e. The predicted molar refractivity (Wildman–Crippen MR) is 129 cm³/mol. The minimum atomic E-state index is -0.254. The van der Waals surface area contributed by atoms with Crippen LogP contribution in [0.1, 0.15) is 37.5 Å². The second-order valence-corrected chi connectivity index (χ2v) is 8.36. The van der Waals surface area contributed by atoms with Crippen LogP contribution in [0.4, 0.5) is 0 Å². The summed E-state index contributed by atoms with van der Waals surface area (Å²) < 4.78 is 0. The van der Waals surface area contributed by atoms with Gasteiger partial charge in [0.05, 0.1) is 12.1 Å². The van der Waals surface area contributed by atoms with Gasteiger partial charge < -0.3 is 4.90 Å². The van der Waals surface area contributed by atoms with E-state index in [1.54, 1.807) is 11.8 Å². The van der Waals surface area contributed by atoms with Gasteiger partial charge in [0.1, 0.15) is 0 Å². The molecule has 3 aromatic rings. The number of hydrogen-bond donors (Lipinski definition) is 0. The highest BCUT2D eigenvalue weighted by Gasteiger charge is 2.43. The molecule has 0 aromatic heterocycles. The molecule has 0 atom stereocenters. The zero-order valence-corrected chi connectivity index (χ0v) is 18.4. The summed E-state index contributed by atoms with van der Waals surface area (Å²) in [5, 5.41) is 2.22. The van der Waals surface area contributed by atoms with Gasteiger partial charge in [-0.05, 0) is 48.2 Å². The van der Waals surface area contributed by atoms with E-state index in [4.69, 9.17) is 0 Å². The van der Waals surface area contributed by atoms with E-state index in [0.29, 0.717) is 12.1 Å². The van der Waals surface area contributed by atoms with Crippen LogP contribution in [0.25, 0.3) is 27.5 Å². The van der Waals surface area contributed by atoms with Crippen molar-refractivity contribution in [2.24, 2.45) is 0 Å². The Morgan fingerprint density at radius 1 is 0.875 bits per heavy atom. The maximum atomic E-state index is 13.9. The molecule has 3 aromatic carbocycles. The quantitative estimate of drug-likeness (QED) is 0.423. The van der Waals surface area contributed by atoms with E-state index >= 15 is 0 Å². The molecule has 32 heavy (non-hydrogen) atoms. The molecule has 1 amide bonds. The number of fused-ring (bicyclic) bond motifs is 3. The predicted octanol–water partition coefficient (Wildman–Crippen LogP) is 5.36. The Morgan fingerprint density at radius 2 is 1.53 bits per heavy atom. The zero-order chi connectivity index (χ0) is 22.4. The zero-order valence-electron chi connectivity index (χ0n) is 18.4. The maximum Gasteiger partial charge on any atom is 0.259 e. The summed E-state index contributed by atoms with van der Waals surface area (Å²) in [5.41, 5.74) is 5.32. The summed E-state index contributed by atoms with van der Waals surface area (Å²) in [5.74, 6) is 5.41. The fourth-order valence-electron chi connectivity index (χ4n) is 4.78. The van der Waals surface area contributed by atoms with Crippen LogP contribution in [-0.2, 0) is 9.59 Å². The van der Waals surface area contributed by atoms with Gasteiger partial charge >= 0.3 is 0 Å². The number of Topliss-reactive ketones (excluding diaryl/α,β-unsaturated/α-hetero) is 1. The second-order valence-electron chi connectivity index (χ2n) is 8.36. The van der Waals surface area contributed by atoms with Gasteiger partial charge in [-0.3, -0.25) is 9.59 Å². The molecule has 0 heterocycles. The largest absolute Gasteiger partial charge is 0.325 e. The van der Waals surface area contributed by atoms with Crippen LogP contribution in [0.15, 0.2) is 72.3 Å². The highest BCUT2D eigenvalue weighted by molar-refractivity contribution is 6.56. The minimum absolute atomic E-state index is 0.0759. The third-order valence-electron chi connectivity index (χ3n) is 6.23. The highest BCUT2D eigenvalue weighted by atomic mass is 16.2. The lowest BCUT2D eigenvalue weighted by Crippen LogP contribution is -2.39. The first-order chi connectivity index (χ1) is 15.5. The summed E-state index contributed by atoms with van der Waals surface area (Å²) >= 11 is 0. The van der Waals surface area contributed by atoms with E-state index in [9.17, 15) is 9.59 Å². The fourth-order valence-corrected chi connectivity index (χ4v) is 4.78. The molecule has 3 nitrogen and oxygen atoms in total. The Hall–Kier alpha value is -3.90. The van der Waals surface area contributed by atoms with Gasteiger partial charge in [-0.2, -0.15) is 0 Å². The Balaban J connectivity index is 1.81. The molecule has 0 N–H and O–H groups in total. The highest BCUT2D eigenvalue weighted by Crippen LogP contribution is 2.54. The number of rotatable bonds is 4. The molecule has 0 fully saturated rings. The summed E-state index contributed by atoms with van der Waals surface area (Å²) in [4.78, 5) is 29.4. The van der Waals surface area contributed by atoms with Gasteiger partial charge in [-0.15, -0.1) is 5.92 Å². The second kappa shape index (κ2) is 7.66. The van der Waals surface area contributed by atoms with Crippen molar-refractivity contribution < 1.29 is 9.59 Å². The van der Waals surface area contributed by atoms with Crippen molar-refractivity contribution >= 4 is 39.2 Å². The lowest BCUT2D eigenvalue weighted by Gasteiger charge is -2.25. The van der Waals surface area contributed by atoms with Crippen LogP contribution in [0.2, 0.25) is 0 Å². The van der Waals surface area contributed by atoms with Gasteiger partial charge in [0, 0.05) is 22.8 Å². The van der Waals surface area contributed by atoms with Crippen molar-refractivity contribution in [2.45, 2.75) is 26.8 Å². The molecule has 0 bridgehead atoms. The van der Waals surface area contributed by atoms with Crippen LogP contribution in [0, 0.1) is 11.8 Å². The van der Waals surface area contributed by atoms with Crippen molar-refractivity contribution in [1.29, 1.82) is 0 Å². The standard InChI is InChI=1S/C29H23NO2/c1-4-5-17-30(18(2)3)29(32)27-26-22-16-10-14-19-13-9-15-21(23(19)22)25(26)24(28(27)31)20-11-7-6-8-12-20/h6-16,18H,17H2,1-3H3. The molecule has 156 valence electrons. The first-order valence-electron chi connectivity index (χ1n) is 10.9. The SMILES string of the molecule is CC#CCN(C(=O)C1=C2C(=C(c3ccccc3)C1=O)c1cccc3cccc2c13)C(C)C. The van der Waals surface area contributed by atoms with Crippen LogP contribution in [0.3, 0.4) is 0 Å². The first-order valence-corrected chi connectivity index (χ1v) is 10.9. The molecule has 3 heteroatoms. The van der Waals surface area contributed by atoms with Gasteiger partial charge in [0.15, 0.2) is 5.78 Å². The van der Waals surface area contributed by atoms with Crippen LogP contribution >= 0.6 is 0 Å². The Labute approximate surface area is 188 Å². The van der Waals surface area contributed by atoms with Crippen molar-refractivity contribution in [3.05, 3.63) is 89.0 Å². The summed E-state index contributed by atoms with van der Waals surface area (Å²) in [6.07, 6.45) is 0. The minimum Gasteiger partial charge on any atom is -0.325 e. The molecule has 0 spiro atoms. The lowest BCUT2D eigenvalue weighted by atomic mass is 9.95. The van der Waals surface area contributed by atoms with Crippen LogP contribution < -0.4 is 0 Å². The van der Waals surface area contributed by atoms with Crippen LogP contribution in [-0.4, -0.2) is 29.2 Å². The molecule has 0 aliphatic heterocycles. The normalized spacial score (nSPS) is 14.2. The van der Waals surface area contributed by atoms with E-state index in [-0.39, 0.29) is 23.3 Å². The Kier molecular flexibility index (Phi) is 4.79. The summed E-state index contributed by atoms with van der Waals surface area (Å²) in [6.45, 7) is 5.96. The third-order valence-corrected chi connectivity index (χ3v) is 6.23. The monoisotopic (exact) mass is 417 g/mol. The first kappa shape index (κ1) is 20.0. The molecule has 5 rings (SSSR count). The van der Waals surface area contributed by atoms with Crippen LogP contribution in [0.5, 0.6) is 0 Å². The number of carbonyl (C=O) groups excluding carboxylic acids is 2. The van der Waals surface area contributed by atoms with Gasteiger partial charge in [0.2, 0.25) is 0 Å². The average molecular weight is 418 g/mol. The number of hydrogen-bond acceptors (Lipinski definition) is 2. The van der Waals surface area contributed by atoms with E-state index in [0.717, 1.165) is 38.6 Å². The third kappa shape index (κ3) is 2.84. The number of ketones is 1. The Bertz CT molecular complexity index is 1410. The molecule has 0 unspecified atom stereocenters. The lowest BCUT2D eigenvalue weighted by molar-refractivity contribution is -0.129. The molecule has 0 saturated carbocycles. The topological polar surface area (TPSA) is 37.4 Å². The number of amides is 1. The summed E-state index contributed by atoms with van der Waals surface area (Å²) in [6, 6.07) is 21.8. The molecule has 0 radical (unpaired) electrons. The van der Waals surface area contributed by atoms with Gasteiger partial charge in [-0.1, -0.05) is 72.7 Å². The molecule has 2 aliphatic carbocycles. The van der Waals surface area contributed by atoms with E-state index in [1.165, 1.54) is 0 Å². The fraction of sp³-hybridized carbons (Fsp3) is 0.172. The number of carbonyl (C=O) groups is 2. The maximum absolute atomic E-state index is 13.9. The number of allylic oxidation sites excluding steroid dienone is 3. The summed E-state index contributed by atoms with van der Waals surface area (Å²) in [7, 11) is 0. The van der Waals surface area contributed by atoms with E-state index in [1.807, 2.05) is 62.4 Å². The van der Waals surface area contributed by atoms with Gasteiger partial charge in [0.25, 0.3) is 5.91 Å². The molecule has 2 aliphatic rings. The van der Waals surface area contributed by atoms with Crippen molar-refractivity contribution in [3.63, 3.8) is 0 Å². The average Bonchev–Trinajstić information content (AvgIpc) is 3.27. The van der Waals surface area contributed by atoms with E-state index in [2.05, 4.69) is 30.0 Å². The number of benzene rings is 3. The number of nitrogens with zero attached hydrogens (tertiary/aromatic N) is 1. The molecular formula is C29H23NO2. The van der Waals surface area contributed by atoms with Crippen molar-refractivity contribution in [1.82, 2.24) is 4.90 Å². The molecule has 0 saturated heterocycles. The van der Waals surface area contributed by atoms with Gasteiger partial charge in [-0.25, -0.2) is 0 Å². The van der Waals surface area contributed by atoms with Crippen molar-refractivity contribution in [3.8, 4) is 11.8 Å².